The van der Waals surface area contributed by atoms with Crippen molar-refractivity contribution in [3.05, 3.63) is 44.8 Å². The molecule has 2 aromatic rings. The molecule has 0 aliphatic heterocycles. The SMILES string of the molecule is CCc1cc(-n2nc(C)n(C(F)F)c2=O)c(F)cc1Cl. The van der Waals surface area contributed by atoms with Crippen LogP contribution < -0.4 is 5.69 Å². The van der Waals surface area contributed by atoms with E-state index in [1.807, 2.05) is 0 Å². The molecule has 8 heteroatoms. The Labute approximate surface area is 117 Å². The standard InChI is InChI=1S/C12H11ClF3N3O/c1-3-7-4-10(9(14)5-8(7)13)19-12(20)18(11(15)16)6(2)17-19/h4-5,11H,3H2,1-2H3. The minimum Gasteiger partial charge on any atom is -0.245 e. The van der Waals surface area contributed by atoms with Crippen LogP contribution in [0.25, 0.3) is 5.69 Å². The number of rotatable bonds is 3. The van der Waals surface area contributed by atoms with E-state index >= 15 is 0 Å². The van der Waals surface area contributed by atoms with Gasteiger partial charge in [-0.05, 0) is 31.0 Å². The molecule has 20 heavy (non-hydrogen) atoms. The molecule has 0 amide bonds. The lowest BCUT2D eigenvalue weighted by molar-refractivity contribution is 0.0640. The number of hydrogen-bond acceptors (Lipinski definition) is 2. The van der Waals surface area contributed by atoms with Gasteiger partial charge in [0.1, 0.15) is 11.5 Å². The van der Waals surface area contributed by atoms with Crippen LogP contribution in [0, 0.1) is 12.7 Å². The summed E-state index contributed by atoms with van der Waals surface area (Å²) in [6.45, 7) is 0.0186. The van der Waals surface area contributed by atoms with Gasteiger partial charge in [-0.25, -0.2) is 13.8 Å². The summed E-state index contributed by atoms with van der Waals surface area (Å²) in [7, 11) is 0. The average Bonchev–Trinajstić information content (AvgIpc) is 2.65. The minimum atomic E-state index is -3.03. The summed E-state index contributed by atoms with van der Waals surface area (Å²) in [5.74, 6) is -0.995. The predicted octanol–water partition coefficient (Wildman–Crippen LogP) is 3.09. The monoisotopic (exact) mass is 305 g/mol. The zero-order valence-electron chi connectivity index (χ0n) is 10.7. The summed E-state index contributed by atoms with van der Waals surface area (Å²) in [6.07, 6.45) is 0.509. The van der Waals surface area contributed by atoms with Gasteiger partial charge in [-0.3, -0.25) is 0 Å². The molecule has 0 aliphatic rings. The number of aryl methyl sites for hydroxylation is 2. The summed E-state index contributed by atoms with van der Waals surface area (Å²) < 4.78 is 40.2. The molecule has 108 valence electrons. The van der Waals surface area contributed by atoms with Gasteiger partial charge in [0.05, 0.1) is 0 Å². The highest BCUT2D eigenvalue weighted by atomic mass is 35.5. The van der Waals surface area contributed by atoms with E-state index in [2.05, 4.69) is 5.10 Å². The first-order valence-corrected chi connectivity index (χ1v) is 6.19. The van der Waals surface area contributed by atoms with Gasteiger partial charge in [0.25, 0.3) is 0 Å². The van der Waals surface area contributed by atoms with Crippen LogP contribution in [0.4, 0.5) is 13.2 Å². The Morgan fingerprint density at radius 1 is 1.40 bits per heavy atom. The number of benzene rings is 1. The molecule has 0 saturated heterocycles. The molecule has 0 fully saturated rings. The predicted molar refractivity (Wildman–Crippen MR) is 68.2 cm³/mol. The highest BCUT2D eigenvalue weighted by Crippen LogP contribution is 2.23. The second kappa shape index (κ2) is 5.32. The Morgan fingerprint density at radius 3 is 2.55 bits per heavy atom. The third-order valence-electron chi connectivity index (χ3n) is 2.90. The van der Waals surface area contributed by atoms with Gasteiger partial charge in [0.15, 0.2) is 5.82 Å². The van der Waals surface area contributed by atoms with Crippen molar-refractivity contribution in [3.8, 4) is 5.69 Å². The summed E-state index contributed by atoms with van der Waals surface area (Å²) >= 11 is 5.84. The van der Waals surface area contributed by atoms with Gasteiger partial charge >= 0.3 is 12.2 Å². The molecule has 0 bridgehead atoms. The van der Waals surface area contributed by atoms with Gasteiger partial charge in [-0.2, -0.15) is 13.5 Å². The fourth-order valence-electron chi connectivity index (χ4n) is 1.87. The molecule has 1 aromatic heterocycles. The van der Waals surface area contributed by atoms with Crippen molar-refractivity contribution in [1.82, 2.24) is 14.3 Å². The van der Waals surface area contributed by atoms with Crippen LogP contribution in [0.3, 0.4) is 0 Å². The van der Waals surface area contributed by atoms with Crippen LogP contribution in [0.1, 0.15) is 24.9 Å². The van der Waals surface area contributed by atoms with E-state index in [9.17, 15) is 18.0 Å². The number of aromatic nitrogens is 3. The lowest BCUT2D eigenvalue weighted by Crippen LogP contribution is -2.25. The van der Waals surface area contributed by atoms with Crippen LogP contribution in [-0.4, -0.2) is 14.3 Å². The van der Waals surface area contributed by atoms with Crippen LogP contribution >= 0.6 is 11.6 Å². The van der Waals surface area contributed by atoms with Crippen LogP contribution in [0.15, 0.2) is 16.9 Å². The van der Waals surface area contributed by atoms with Crippen LogP contribution in [-0.2, 0) is 6.42 Å². The van der Waals surface area contributed by atoms with Gasteiger partial charge in [-0.15, -0.1) is 5.10 Å². The van der Waals surface area contributed by atoms with Gasteiger partial charge in [0, 0.05) is 5.02 Å². The highest BCUT2D eigenvalue weighted by Gasteiger charge is 2.20. The van der Waals surface area contributed by atoms with Gasteiger partial charge < -0.3 is 0 Å². The Bertz CT molecular complexity index is 709. The number of hydrogen-bond donors (Lipinski definition) is 0. The smallest absolute Gasteiger partial charge is 0.245 e. The molecule has 1 heterocycles. The van der Waals surface area contributed by atoms with Crippen molar-refractivity contribution in [3.63, 3.8) is 0 Å². The first-order chi connectivity index (χ1) is 9.36. The van der Waals surface area contributed by atoms with E-state index in [1.54, 1.807) is 6.92 Å². The largest absolute Gasteiger partial charge is 0.355 e. The zero-order valence-corrected chi connectivity index (χ0v) is 11.5. The Balaban J connectivity index is 2.69. The highest BCUT2D eigenvalue weighted by molar-refractivity contribution is 6.31. The average molecular weight is 306 g/mol. The first-order valence-electron chi connectivity index (χ1n) is 5.81. The van der Waals surface area contributed by atoms with Gasteiger partial charge in [-0.1, -0.05) is 18.5 Å². The van der Waals surface area contributed by atoms with E-state index in [1.165, 1.54) is 13.0 Å². The topological polar surface area (TPSA) is 39.8 Å². The molecule has 0 aliphatic carbocycles. The van der Waals surface area contributed by atoms with Crippen molar-refractivity contribution in [2.75, 3.05) is 0 Å². The van der Waals surface area contributed by atoms with Crippen molar-refractivity contribution in [2.45, 2.75) is 26.8 Å². The maximum atomic E-state index is 13.9. The van der Waals surface area contributed by atoms with Crippen LogP contribution in [0.2, 0.25) is 5.02 Å². The van der Waals surface area contributed by atoms with E-state index in [0.29, 0.717) is 16.7 Å². The number of alkyl halides is 2. The zero-order chi connectivity index (χ0) is 15.0. The third-order valence-corrected chi connectivity index (χ3v) is 3.25. The Morgan fingerprint density at radius 2 is 2.05 bits per heavy atom. The molecule has 0 atom stereocenters. The second-order valence-corrected chi connectivity index (χ2v) is 4.55. The Hall–Kier alpha value is -1.76. The molecule has 0 spiro atoms. The maximum absolute atomic E-state index is 13.9. The quantitative estimate of drug-likeness (QED) is 0.874. The van der Waals surface area contributed by atoms with Crippen molar-refractivity contribution >= 4 is 11.6 Å². The van der Waals surface area contributed by atoms with E-state index in [-0.39, 0.29) is 21.1 Å². The van der Waals surface area contributed by atoms with Crippen molar-refractivity contribution in [2.24, 2.45) is 0 Å². The molecule has 0 N–H and O–H groups in total. The van der Waals surface area contributed by atoms with Crippen molar-refractivity contribution < 1.29 is 13.2 Å². The number of halogens is 4. The fourth-order valence-corrected chi connectivity index (χ4v) is 2.16. The molecule has 2 rings (SSSR count). The first kappa shape index (κ1) is 14.6. The van der Waals surface area contributed by atoms with Crippen LogP contribution in [0.5, 0.6) is 0 Å². The van der Waals surface area contributed by atoms with E-state index < -0.39 is 18.1 Å². The van der Waals surface area contributed by atoms with E-state index in [0.717, 1.165) is 6.07 Å². The molecular formula is C12H11ClF3N3O. The molecule has 0 saturated carbocycles. The summed E-state index contributed by atoms with van der Waals surface area (Å²) in [6, 6.07) is 2.38. The van der Waals surface area contributed by atoms with Crippen molar-refractivity contribution in [1.29, 1.82) is 0 Å². The second-order valence-electron chi connectivity index (χ2n) is 4.14. The lowest BCUT2D eigenvalue weighted by Gasteiger charge is -2.06. The normalized spacial score (nSPS) is 11.3. The maximum Gasteiger partial charge on any atom is 0.355 e. The van der Waals surface area contributed by atoms with Gasteiger partial charge in [0.2, 0.25) is 0 Å². The Kier molecular flexibility index (Phi) is 3.89. The minimum absolute atomic E-state index is 0.194. The summed E-state index contributed by atoms with van der Waals surface area (Å²) in [5.41, 5.74) is -0.696. The number of nitrogens with zero attached hydrogens (tertiary/aromatic N) is 3. The molecule has 0 unspecified atom stereocenters. The van der Waals surface area contributed by atoms with E-state index in [4.69, 9.17) is 11.6 Å². The summed E-state index contributed by atoms with van der Waals surface area (Å²) in [5, 5.41) is 3.89. The summed E-state index contributed by atoms with van der Waals surface area (Å²) in [4.78, 5) is 11.9. The molecule has 1 aromatic carbocycles. The molecule has 4 nitrogen and oxygen atoms in total. The molecule has 0 radical (unpaired) electrons. The molecular weight excluding hydrogens is 295 g/mol. The third kappa shape index (κ3) is 2.33. The fraction of sp³-hybridized carbons (Fsp3) is 0.333. The lowest BCUT2D eigenvalue weighted by atomic mass is 10.1.